The molecular formula is C17H24CrN2O. The van der Waals surface area contributed by atoms with Crippen molar-refractivity contribution in [1.29, 1.82) is 0 Å². The average Bonchev–Trinajstić information content (AvgIpc) is 2.45. The van der Waals surface area contributed by atoms with E-state index < -0.39 is 0 Å². The molecule has 2 rings (SSSR count). The summed E-state index contributed by atoms with van der Waals surface area (Å²) in [6, 6.07) is 10.5. The van der Waals surface area contributed by atoms with Crippen molar-refractivity contribution in [3.8, 4) is 0 Å². The molecule has 1 fully saturated rings. The van der Waals surface area contributed by atoms with Gasteiger partial charge in [-0.05, 0) is 0 Å². The summed E-state index contributed by atoms with van der Waals surface area (Å²) in [7, 11) is 4.12. The summed E-state index contributed by atoms with van der Waals surface area (Å²) in [4.78, 5) is 11.6. The predicted octanol–water partition coefficient (Wildman–Crippen LogP) is 2.79. The van der Waals surface area contributed by atoms with E-state index in [0.29, 0.717) is 11.7 Å². The molecule has 21 heavy (non-hydrogen) atoms. The van der Waals surface area contributed by atoms with Crippen LogP contribution in [-0.4, -0.2) is 34.4 Å². The molecule has 1 atom stereocenters. The quantitative estimate of drug-likeness (QED) is 0.752. The minimum atomic E-state index is 0.429. The van der Waals surface area contributed by atoms with E-state index in [9.17, 15) is 4.79 Å². The first-order valence-electron chi connectivity index (χ1n) is 7.59. The minimum absolute atomic E-state index is 0.429. The molecule has 1 saturated carbocycles. The van der Waals surface area contributed by atoms with Gasteiger partial charge in [0.05, 0.1) is 0 Å². The first kappa shape index (κ1) is 16.6. The van der Waals surface area contributed by atoms with Gasteiger partial charge in [0.25, 0.3) is 0 Å². The Morgan fingerprint density at radius 1 is 1.29 bits per heavy atom. The molecule has 114 valence electrons. The molecule has 0 radical (unpaired) electrons. The van der Waals surface area contributed by atoms with Crippen LogP contribution in [0.15, 0.2) is 30.3 Å². The van der Waals surface area contributed by atoms with Gasteiger partial charge < -0.3 is 0 Å². The fraction of sp³-hybridized carbons (Fsp3) is 0.529. The summed E-state index contributed by atoms with van der Waals surface area (Å²) in [5.74, 6) is 0.930. The Morgan fingerprint density at radius 3 is 2.62 bits per heavy atom. The van der Waals surface area contributed by atoms with Gasteiger partial charge in [0.1, 0.15) is 0 Å². The van der Waals surface area contributed by atoms with E-state index in [1.165, 1.54) is 16.5 Å². The van der Waals surface area contributed by atoms with Gasteiger partial charge in [-0.2, -0.15) is 0 Å². The zero-order valence-corrected chi connectivity index (χ0v) is 14.2. The molecule has 0 heterocycles. The van der Waals surface area contributed by atoms with E-state index in [1.54, 1.807) is 0 Å². The summed E-state index contributed by atoms with van der Waals surface area (Å²) >= 11 is 3.23. The molecule has 4 heteroatoms. The number of Topliss-reactive ketones (excluding diaryl/α,β-unsaturated/α-hetero) is 1. The van der Waals surface area contributed by atoms with E-state index in [2.05, 4.69) is 64.2 Å². The Hall–Kier alpha value is -0.788. The second kappa shape index (κ2) is 8.01. The summed E-state index contributed by atoms with van der Waals surface area (Å²) in [5.41, 5.74) is 1.29. The van der Waals surface area contributed by atoms with Crippen LogP contribution in [-0.2, 0) is 27.2 Å². The third-order valence-electron chi connectivity index (χ3n) is 3.99. The molecule has 0 aliphatic heterocycles. The van der Waals surface area contributed by atoms with Gasteiger partial charge in [-0.1, -0.05) is 0 Å². The van der Waals surface area contributed by atoms with Gasteiger partial charge in [0, 0.05) is 0 Å². The number of carbonyl (C=O) groups excluding carboxylic acids is 1. The molecule has 1 unspecified atom stereocenters. The molecule has 0 amide bonds. The van der Waals surface area contributed by atoms with Crippen LogP contribution >= 0.6 is 0 Å². The summed E-state index contributed by atoms with van der Waals surface area (Å²) < 4.78 is 1.23. The Bertz CT molecular complexity index is 487. The van der Waals surface area contributed by atoms with Crippen molar-refractivity contribution in [3.63, 3.8) is 0 Å². The van der Waals surface area contributed by atoms with Gasteiger partial charge in [0.2, 0.25) is 0 Å². The Morgan fingerprint density at radius 2 is 2.00 bits per heavy atom. The SMILES string of the molecule is CN(C)N(Cc1ccccc1)[C](=[Cr])CC1CCCC(=O)C1. The maximum atomic E-state index is 11.6. The third-order valence-corrected chi connectivity index (χ3v) is 4.58. The fourth-order valence-electron chi connectivity index (χ4n) is 2.85. The van der Waals surface area contributed by atoms with Crippen molar-refractivity contribution >= 4 is 10.3 Å². The molecule has 1 aromatic rings. The number of carbonyl (C=O) groups is 1. The predicted molar refractivity (Wildman–Crippen MR) is 82.3 cm³/mol. The first-order chi connectivity index (χ1) is 10.1. The number of ketones is 1. The molecule has 0 N–H and O–H groups in total. The Kier molecular flexibility index (Phi) is 6.32. The van der Waals surface area contributed by atoms with Crippen molar-refractivity contribution in [2.24, 2.45) is 5.92 Å². The van der Waals surface area contributed by atoms with Crippen LogP contribution in [0.1, 0.15) is 37.7 Å². The van der Waals surface area contributed by atoms with Crippen LogP contribution in [0.25, 0.3) is 0 Å². The number of rotatable bonds is 6. The maximum absolute atomic E-state index is 11.6. The van der Waals surface area contributed by atoms with E-state index in [4.69, 9.17) is 0 Å². The standard InChI is InChI=1S/C17H24N2O.Cr/c1-18(2)19(14-16-7-4-3-5-8-16)12-11-15-9-6-10-17(20)13-15;/h3-5,7-8,15H,6,9-11,13-14H2,1-2H3;. The van der Waals surface area contributed by atoms with Crippen LogP contribution in [0.2, 0.25) is 0 Å². The van der Waals surface area contributed by atoms with Crippen LogP contribution < -0.4 is 0 Å². The fourth-order valence-corrected chi connectivity index (χ4v) is 3.57. The zero-order valence-electron chi connectivity index (χ0n) is 12.9. The van der Waals surface area contributed by atoms with Crippen LogP contribution in [0.5, 0.6) is 0 Å². The number of hydrogen-bond donors (Lipinski definition) is 0. The van der Waals surface area contributed by atoms with Crippen LogP contribution in [0, 0.1) is 5.92 Å². The van der Waals surface area contributed by atoms with Crippen molar-refractivity contribution in [2.45, 2.75) is 38.6 Å². The summed E-state index contributed by atoms with van der Waals surface area (Å²) in [5, 5.41) is 4.37. The molecule has 0 saturated heterocycles. The van der Waals surface area contributed by atoms with Crippen molar-refractivity contribution in [1.82, 2.24) is 10.0 Å². The van der Waals surface area contributed by atoms with Gasteiger partial charge >= 0.3 is 136 Å². The van der Waals surface area contributed by atoms with Gasteiger partial charge in [-0.3, -0.25) is 0 Å². The Balaban J connectivity index is 1.97. The molecule has 1 aliphatic rings. The molecular weight excluding hydrogens is 300 g/mol. The molecule has 1 aromatic carbocycles. The van der Waals surface area contributed by atoms with Crippen molar-refractivity contribution in [3.05, 3.63) is 35.9 Å². The number of hydrazine groups is 1. The van der Waals surface area contributed by atoms with Gasteiger partial charge in [-0.15, -0.1) is 0 Å². The van der Waals surface area contributed by atoms with Crippen molar-refractivity contribution < 1.29 is 20.6 Å². The first-order valence-corrected chi connectivity index (χ1v) is 8.23. The zero-order chi connectivity index (χ0) is 15.2. The van der Waals surface area contributed by atoms with E-state index in [-0.39, 0.29) is 0 Å². The van der Waals surface area contributed by atoms with Crippen LogP contribution in [0.3, 0.4) is 0 Å². The number of benzene rings is 1. The monoisotopic (exact) mass is 324 g/mol. The summed E-state index contributed by atoms with van der Waals surface area (Å²) in [6.07, 6.45) is 4.72. The van der Waals surface area contributed by atoms with E-state index >= 15 is 0 Å². The number of nitrogens with zero attached hydrogens (tertiary/aromatic N) is 2. The van der Waals surface area contributed by atoms with E-state index in [0.717, 1.165) is 32.2 Å². The average molecular weight is 324 g/mol. The second-order valence-electron chi connectivity index (χ2n) is 5.99. The molecule has 3 nitrogen and oxygen atoms in total. The molecule has 0 spiro atoms. The summed E-state index contributed by atoms with van der Waals surface area (Å²) in [6.45, 7) is 0.858. The van der Waals surface area contributed by atoms with E-state index in [1.807, 2.05) is 6.07 Å². The second-order valence-corrected chi connectivity index (χ2v) is 6.73. The Labute approximate surface area is 135 Å². The molecule has 0 bridgehead atoms. The van der Waals surface area contributed by atoms with Crippen LogP contribution in [0.4, 0.5) is 0 Å². The number of hydrogen-bond acceptors (Lipinski definition) is 3. The van der Waals surface area contributed by atoms with Gasteiger partial charge in [-0.25, -0.2) is 0 Å². The topological polar surface area (TPSA) is 23.6 Å². The van der Waals surface area contributed by atoms with Crippen molar-refractivity contribution in [2.75, 3.05) is 14.1 Å². The van der Waals surface area contributed by atoms with Gasteiger partial charge in [0.15, 0.2) is 0 Å². The molecule has 0 aromatic heterocycles. The third kappa shape index (κ3) is 5.16. The molecule has 1 aliphatic carbocycles. The normalized spacial score (nSPS) is 19.2.